The normalized spacial score (nSPS) is 33.6. The van der Waals surface area contributed by atoms with Gasteiger partial charge in [-0.25, -0.2) is 0 Å². The van der Waals surface area contributed by atoms with Crippen molar-refractivity contribution in [2.24, 2.45) is 11.7 Å². The summed E-state index contributed by atoms with van der Waals surface area (Å²) in [7, 11) is 0. The molecule has 0 heterocycles. The molecule has 17 heavy (non-hydrogen) atoms. The van der Waals surface area contributed by atoms with Crippen LogP contribution in [0.1, 0.15) is 44.1 Å². The molecule has 0 bridgehead atoms. The van der Waals surface area contributed by atoms with Crippen LogP contribution in [0.4, 0.5) is 0 Å². The first kappa shape index (κ1) is 11.6. The Morgan fingerprint density at radius 1 is 1.12 bits per heavy atom. The summed E-state index contributed by atoms with van der Waals surface area (Å²) in [5.41, 5.74) is 7.79. The van der Waals surface area contributed by atoms with Crippen LogP contribution in [-0.4, -0.2) is 6.04 Å². The largest absolute Gasteiger partial charge is 0.327 e. The van der Waals surface area contributed by atoms with Crippen LogP contribution in [0.5, 0.6) is 0 Å². The van der Waals surface area contributed by atoms with E-state index in [1.807, 2.05) is 12.1 Å². The Labute approximate surface area is 108 Å². The molecule has 0 aliphatic heterocycles. The second-order valence-corrected chi connectivity index (χ2v) is 6.07. The predicted molar refractivity (Wildman–Crippen MR) is 72.3 cm³/mol. The van der Waals surface area contributed by atoms with Crippen LogP contribution in [0.3, 0.4) is 0 Å². The lowest BCUT2D eigenvalue weighted by molar-refractivity contribution is 0.284. The van der Waals surface area contributed by atoms with Gasteiger partial charge in [0.05, 0.1) is 0 Å². The zero-order chi connectivity index (χ0) is 11.9. The summed E-state index contributed by atoms with van der Waals surface area (Å²) < 4.78 is 0. The molecule has 1 aromatic rings. The molecule has 3 rings (SSSR count). The molecule has 0 saturated heterocycles. The average molecular weight is 250 g/mol. The zero-order valence-corrected chi connectivity index (χ0v) is 10.9. The summed E-state index contributed by atoms with van der Waals surface area (Å²) in [5, 5.41) is 0.908. The first-order valence-electron chi connectivity index (χ1n) is 6.76. The monoisotopic (exact) mass is 249 g/mol. The van der Waals surface area contributed by atoms with Crippen molar-refractivity contribution < 1.29 is 0 Å². The van der Waals surface area contributed by atoms with Gasteiger partial charge in [0, 0.05) is 16.5 Å². The maximum atomic E-state index is 6.38. The first-order valence-corrected chi connectivity index (χ1v) is 7.13. The highest BCUT2D eigenvalue weighted by atomic mass is 35.5. The minimum absolute atomic E-state index is 0.207. The van der Waals surface area contributed by atoms with Gasteiger partial charge in [0.25, 0.3) is 0 Å². The highest BCUT2D eigenvalue weighted by Crippen LogP contribution is 2.58. The van der Waals surface area contributed by atoms with Crippen molar-refractivity contribution in [3.8, 4) is 0 Å². The smallest absolute Gasteiger partial charge is 0.0444 e. The number of benzene rings is 1. The van der Waals surface area contributed by atoms with E-state index in [9.17, 15) is 0 Å². The fourth-order valence-corrected chi connectivity index (χ4v) is 4.07. The third-order valence-corrected chi connectivity index (χ3v) is 5.10. The molecule has 0 aromatic heterocycles. The third-order valence-electron chi connectivity index (χ3n) is 4.77. The molecule has 2 heteroatoms. The third kappa shape index (κ3) is 1.80. The maximum absolute atomic E-state index is 6.38. The summed E-state index contributed by atoms with van der Waals surface area (Å²) in [6, 6.07) is 8.62. The van der Waals surface area contributed by atoms with Gasteiger partial charge in [-0.3, -0.25) is 0 Å². The van der Waals surface area contributed by atoms with Gasteiger partial charge < -0.3 is 5.73 Å². The molecule has 2 aliphatic rings. The Balaban J connectivity index is 1.95. The molecule has 0 radical (unpaired) electrons. The predicted octanol–water partition coefficient (Wildman–Crippen LogP) is 3.89. The lowest BCUT2D eigenvalue weighted by Gasteiger charge is -2.32. The molecule has 2 aliphatic carbocycles. The number of hydrogen-bond acceptors (Lipinski definition) is 1. The standard InChI is InChI=1S/C15H20ClN/c16-13-9-5-4-8-12(13)15(10-14(15)17)11-6-2-1-3-7-11/h4-5,8-9,11,14H,1-3,6-7,10,17H2/t14-,15?/m1/s1. The van der Waals surface area contributed by atoms with Crippen LogP contribution >= 0.6 is 11.6 Å². The van der Waals surface area contributed by atoms with Gasteiger partial charge in [-0.2, -0.15) is 0 Å². The lowest BCUT2D eigenvalue weighted by atomic mass is 9.73. The van der Waals surface area contributed by atoms with Crippen LogP contribution in [0, 0.1) is 5.92 Å². The number of rotatable bonds is 2. The van der Waals surface area contributed by atoms with Crippen molar-refractivity contribution in [3.05, 3.63) is 34.9 Å². The van der Waals surface area contributed by atoms with E-state index in [1.165, 1.54) is 37.7 Å². The van der Waals surface area contributed by atoms with E-state index >= 15 is 0 Å². The van der Waals surface area contributed by atoms with Crippen LogP contribution < -0.4 is 5.73 Å². The Hall–Kier alpha value is -0.530. The molecule has 1 aromatic carbocycles. The SMILES string of the molecule is N[C@@H]1CC1(c1ccccc1Cl)C1CCCCC1. The molecular weight excluding hydrogens is 230 g/mol. The molecule has 1 nitrogen and oxygen atoms in total. The molecular formula is C15H20ClN. The van der Waals surface area contributed by atoms with Gasteiger partial charge in [-0.1, -0.05) is 49.1 Å². The molecule has 1 unspecified atom stereocenters. The second-order valence-electron chi connectivity index (χ2n) is 5.67. The summed E-state index contributed by atoms with van der Waals surface area (Å²) in [6.45, 7) is 0. The quantitative estimate of drug-likeness (QED) is 0.846. The van der Waals surface area contributed by atoms with Gasteiger partial charge in [0.2, 0.25) is 0 Å². The van der Waals surface area contributed by atoms with Crippen LogP contribution in [0.15, 0.2) is 24.3 Å². The molecule has 2 atom stereocenters. The number of hydrogen-bond donors (Lipinski definition) is 1. The van der Waals surface area contributed by atoms with Gasteiger partial charge >= 0.3 is 0 Å². The van der Waals surface area contributed by atoms with Crippen LogP contribution in [-0.2, 0) is 5.41 Å². The fourth-order valence-electron chi connectivity index (χ4n) is 3.76. The highest BCUT2D eigenvalue weighted by molar-refractivity contribution is 6.31. The molecule has 0 spiro atoms. The molecule has 2 fully saturated rings. The fraction of sp³-hybridized carbons (Fsp3) is 0.600. The Bertz CT molecular complexity index is 411. The van der Waals surface area contributed by atoms with Crippen molar-refractivity contribution in [2.45, 2.75) is 50.0 Å². The minimum Gasteiger partial charge on any atom is -0.327 e. The van der Waals surface area contributed by atoms with E-state index < -0.39 is 0 Å². The minimum atomic E-state index is 0.207. The lowest BCUT2D eigenvalue weighted by Crippen LogP contribution is -2.30. The molecule has 2 saturated carbocycles. The first-order chi connectivity index (χ1) is 8.25. The van der Waals surface area contributed by atoms with E-state index in [2.05, 4.69) is 12.1 Å². The van der Waals surface area contributed by atoms with Crippen molar-refractivity contribution in [1.82, 2.24) is 0 Å². The van der Waals surface area contributed by atoms with Gasteiger partial charge in [0.1, 0.15) is 0 Å². The van der Waals surface area contributed by atoms with Crippen molar-refractivity contribution in [2.75, 3.05) is 0 Å². The summed E-state index contributed by atoms with van der Waals surface area (Å²) in [6.07, 6.45) is 7.91. The van der Waals surface area contributed by atoms with Gasteiger partial charge in [-0.15, -0.1) is 0 Å². The van der Waals surface area contributed by atoms with Crippen LogP contribution in [0.25, 0.3) is 0 Å². The second kappa shape index (κ2) is 4.29. The van der Waals surface area contributed by atoms with Gasteiger partial charge in [-0.05, 0) is 36.8 Å². The van der Waals surface area contributed by atoms with Gasteiger partial charge in [0.15, 0.2) is 0 Å². The Kier molecular flexibility index (Phi) is 2.92. The van der Waals surface area contributed by atoms with E-state index in [0.717, 1.165) is 17.4 Å². The Morgan fingerprint density at radius 3 is 2.35 bits per heavy atom. The molecule has 0 amide bonds. The molecule has 92 valence electrons. The number of halogens is 1. The summed E-state index contributed by atoms with van der Waals surface area (Å²) >= 11 is 6.38. The van der Waals surface area contributed by atoms with E-state index in [4.69, 9.17) is 17.3 Å². The van der Waals surface area contributed by atoms with Crippen molar-refractivity contribution >= 4 is 11.6 Å². The van der Waals surface area contributed by atoms with E-state index in [-0.39, 0.29) is 5.41 Å². The van der Waals surface area contributed by atoms with Crippen molar-refractivity contribution in [3.63, 3.8) is 0 Å². The average Bonchev–Trinajstić information content (AvgIpc) is 3.04. The Morgan fingerprint density at radius 2 is 1.76 bits per heavy atom. The molecule has 2 N–H and O–H groups in total. The van der Waals surface area contributed by atoms with E-state index in [1.54, 1.807) is 0 Å². The van der Waals surface area contributed by atoms with Crippen molar-refractivity contribution in [1.29, 1.82) is 0 Å². The van der Waals surface area contributed by atoms with E-state index in [0.29, 0.717) is 6.04 Å². The topological polar surface area (TPSA) is 26.0 Å². The number of nitrogens with two attached hydrogens (primary N) is 1. The van der Waals surface area contributed by atoms with Crippen LogP contribution in [0.2, 0.25) is 5.02 Å². The summed E-state index contributed by atoms with van der Waals surface area (Å²) in [5.74, 6) is 0.756. The zero-order valence-electron chi connectivity index (χ0n) is 10.2. The summed E-state index contributed by atoms with van der Waals surface area (Å²) in [4.78, 5) is 0. The maximum Gasteiger partial charge on any atom is 0.0444 e. The highest BCUT2D eigenvalue weighted by Gasteiger charge is 2.58.